The monoisotopic (exact) mass is 301 g/mol. The molecule has 0 aliphatic rings. The Kier molecular flexibility index (Phi) is 6.58. The first kappa shape index (κ1) is 15.7. The smallest absolute Gasteiger partial charge is 0.327 e. The lowest BCUT2D eigenvalue weighted by molar-refractivity contribution is -0.140. The van der Waals surface area contributed by atoms with Gasteiger partial charge in [0.1, 0.15) is 11.8 Å². The number of benzene rings is 1. The summed E-state index contributed by atoms with van der Waals surface area (Å²) in [6, 6.07) is 6.60. The van der Waals surface area contributed by atoms with E-state index in [2.05, 4.69) is 5.32 Å². The summed E-state index contributed by atoms with van der Waals surface area (Å²) in [7, 11) is 4.44. The first-order chi connectivity index (χ1) is 9.02. The number of carbonyl (C=O) groups excluding carboxylic acids is 1. The van der Waals surface area contributed by atoms with Crippen LogP contribution in [0.15, 0.2) is 29.2 Å². The Morgan fingerprint density at radius 3 is 2.47 bits per heavy atom. The molecule has 0 radical (unpaired) electrons. The number of amides is 1. The van der Waals surface area contributed by atoms with E-state index >= 15 is 0 Å². The van der Waals surface area contributed by atoms with Crippen molar-refractivity contribution in [2.45, 2.75) is 17.9 Å². The van der Waals surface area contributed by atoms with Crippen LogP contribution in [0.4, 0.5) is 0 Å². The summed E-state index contributed by atoms with van der Waals surface area (Å²) in [6.45, 7) is 1.30. The maximum absolute atomic E-state index is 10.9. The van der Waals surface area contributed by atoms with Gasteiger partial charge in [-0.3, -0.25) is 4.79 Å². The summed E-state index contributed by atoms with van der Waals surface area (Å²) in [5.41, 5.74) is 0. The van der Waals surface area contributed by atoms with Crippen molar-refractivity contribution >= 4 is 33.5 Å². The SMILES string of the molecule is COc1ccc(SSC[C@H](NC(C)=O)C(=O)O)cc1. The molecule has 0 saturated heterocycles. The number of carboxylic acid groups (broad SMARTS) is 1. The zero-order valence-corrected chi connectivity index (χ0v) is 12.2. The normalized spacial score (nSPS) is 11.7. The zero-order chi connectivity index (χ0) is 14.3. The Balaban J connectivity index is 2.42. The highest BCUT2D eigenvalue weighted by Crippen LogP contribution is 2.32. The molecule has 5 nitrogen and oxygen atoms in total. The Morgan fingerprint density at radius 2 is 2.00 bits per heavy atom. The Labute approximate surface area is 119 Å². The third kappa shape index (κ3) is 5.89. The molecule has 0 fully saturated rings. The van der Waals surface area contributed by atoms with Crippen LogP contribution in [0.25, 0.3) is 0 Å². The predicted molar refractivity (Wildman–Crippen MR) is 76.5 cm³/mol. The summed E-state index contributed by atoms with van der Waals surface area (Å²) in [6.07, 6.45) is 0. The maximum atomic E-state index is 10.9. The van der Waals surface area contributed by atoms with Gasteiger partial charge in [-0.2, -0.15) is 0 Å². The minimum atomic E-state index is -1.03. The molecule has 1 atom stereocenters. The van der Waals surface area contributed by atoms with E-state index in [1.54, 1.807) is 7.11 Å². The molecule has 2 N–H and O–H groups in total. The van der Waals surface area contributed by atoms with Crippen LogP contribution in [0.5, 0.6) is 5.75 Å². The van der Waals surface area contributed by atoms with Gasteiger partial charge in [-0.15, -0.1) is 0 Å². The maximum Gasteiger partial charge on any atom is 0.327 e. The molecule has 7 heteroatoms. The van der Waals surface area contributed by atoms with E-state index in [-0.39, 0.29) is 5.91 Å². The number of hydrogen-bond donors (Lipinski definition) is 2. The van der Waals surface area contributed by atoms with Crippen LogP contribution in [0.2, 0.25) is 0 Å². The van der Waals surface area contributed by atoms with Gasteiger partial charge in [-0.1, -0.05) is 21.6 Å². The highest BCUT2D eigenvalue weighted by atomic mass is 33.1. The van der Waals surface area contributed by atoms with Crippen LogP contribution in [-0.2, 0) is 9.59 Å². The molecule has 0 bridgehead atoms. The number of rotatable bonds is 7. The van der Waals surface area contributed by atoms with E-state index in [9.17, 15) is 9.59 Å². The molecule has 0 aliphatic heterocycles. The molecular weight excluding hydrogens is 286 g/mol. The second kappa shape index (κ2) is 7.96. The average Bonchev–Trinajstić information content (AvgIpc) is 2.37. The second-order valence-corrected chi connectivity index (χ2v) is 6.05. The summed E-state index contributed by atoms with van der Waals surface area (Å²) in [4.78, 5) is 22.8. The molecule has 1 aromatic rings. The minimum Gasteiger partial charge on any atom is -0.497 e. The van der Waals surface area contributed by atoms with Crippen LogP contribution in [0, 0.1) is 0 Å². The van der Waals surface area contributed by atoms with Crippen molar-refractivity contribution in [3.8, 4) is 5.75 Å². The van der Waals surface area contributed by atoms with Gasteiger partial charge in [0.05, 0.1) is 7.11 Å². The average molecular weight is 301 g/mol. The van der Waals surface area contributed by atoms with Gasteiger partial charge in [-0.25, -0.2) is 4.79 Å². The van der Waals surface area contributed by atoms with Crippen molar-refractivity contribution in [2.75, 3.05) is 12.9 Å². The van der Waals surface area contributed by atoms with E-state index in [0.29, 0.717) is 5.75 Å². The lowest BCUT2D eigenvalue weighted by Crippen LogP contribution is -2.41. The molecular formula is C12H15NO4S2. The first-order valence-corrected chi connectivity index (χ1v) is 7.78. The third-order valence-corrected chi connectivity index (χ3v) is 4.52. The molecule has 0 saturated carbocycles. The molecule has 19 heavy (non-hydrogen) atoms. The molecule has 1 amide bonds. The van der Waals surface area contributed by atoms with Crippen molar-refractivity contribution in [1.29, 1.82) is 0 Å². The van der Waals surface area contributed by atoms with Crippen LogP contribution < -0.4 is 10.1 Å². The number of aliphatic carboxylic acids is 1. The van der Waals surface area contributed by atoms with Crippen molar-refractivity contribution in [3.05, 3.63) is 24.3 Å². The number of nitrogens with one attached hydrogen (secondary N) is 1. The van der Waals surface area contributed by atoms with Gasteiger partial charge in [0.25, 0.3) is 0 Å². The van der Waals surface area contributed by atoms with E-state index in [0.717, 1.165) is 10.6 Å². The van der Waals surface area contributed by atoms with Gasteiger partial charge in [0.2, 0.25) is 5.91 Å². The van der Waals surface area contributed by atoms with Crippen molar-refractivity contribution in [1.82, 2.24) is 5.32 Å². The van der Waals surface area contributed by atoms with E-state index in [1.807, 2.05) is 24.3 Å². The third-order valence-electron chi connectivity index (χ3n) is 2.12. The fourth-order valence-corrected chi connectivity index (χ4v) is 3.39. The van der Waals surface area contributed by atoms with E-state index < -0.39 is 12.0 Å². The molecule has 0 aliphatic carbocycles. The van der Waals surface area contributed by atoms with Crippen LogP contribution in [-0.4, -0.2) is 35.9 Å². The fraction of sp³-hybridized carbons (Fsp3) is 0.333. The van der Waals surface area contributed by atoms with Crippen LogP contribution in [0.1, 0.15) is 6.92 Å². The summed E-state index contributed by atoms with van der Waals surface area (Å²) in [5.74, 6) is -0.303. The highest BCUT2D eigenvalue weighted by molar-refractivity contribution is 8.76. The number of carboxylic acids is 1. The van der Waals surface area contributed by atoms with Gasteiger partial charge in [0, 0.05) is 17.6 Å². The van der Waals surface area contributed by atoms with Gasteiger partial charge in [0.15, 0.2) is 0 Å². The molecule has 0 unspecified atom stereocenters. The summed E-state index contributed by atoms with van der Waals surface area (Å²) >= 11 is 0. The van der Waals surface area contributed by atoms with Crippen molar-refractivity contribution in [3.63, 3.8) is 0 Å². The van der Waals surface area contributed by atoms with Gasteiger partial charge >= 0.3 is 5.97 Å². The van der Waals surface area contributed by atoms with Crippen LogP contribution in [0.3, 0.4) is 0 Å². The van der Waals surface area contributed by atoms with E-state index in [4.69, 9.17) is 9.84 Å². The lowest BCUT2D eigenvalue weighted by Gasteiger charge is -2.12. The second-order valence-electron chi connectivity index (χ2n) is 3.63. The number of hydrogen-bond acceptors (Lipinski definition) is 5. The molecule has 0 heterocycles. The topological polar surface area (TPSA) is 75.6 Å². The molecule has 0 spiro atoms. The van der Waals surface area contributed by atoms with Crippen molar-refractivity contribution in [2.24, 2.45) is 0 Å². The molecule has 1 rings (SSSR count). The summed E-state index contributed by atoms with van der Waals surface area (Å²) < 4.78 is 5.05. The van der Waals surface area contributed by atoms with Crippen LogP contribution >= 0.6 is 21.6 Å². The number of carbonyl (C=O) groups is 2. The minimum absolute atomic E-state index is 0.297. The molecule has 1 aromatic carbocycles. The Hall–Kier alpha value is -1.34. The zero-order valence-electron chi connectivity index (χ0n) is 10.6. The van der Waals surface area contributed by atoms with Crippen molar-refractivity contribution < 1.29 is 19.4 Å². The number of methoxy groups -OCH3 is 1. The Morgan fingerprint density at radius 1 is 1.37 bits per heavy atom. The quantitative estimate of drug-likeness (QED) is 0.751. The standard InChI is InChI=1S/C12H15NO4S2/c1-8(14)13-11(12(15)16)7-18-19-10-5-3-9(17-2)4-6-10/h3-6,11H,7H2,1-2H3,(H,13,14)(H,15,16)/t11-/m0/s1. The molecule has 104 valence electrons. The first-order valence-electron chi connectivity index (χ1n) is 5.46. The summed E-state index contributed by atoms with van der Waals surface area (Å²) in [5, 5.41) is 11.3. The molecule has 0 aromatic heterocycles. The lowest BCUT2D eigenvalue weighted by atomic mass is 10.3. The fourth-order valence-electron chi connectivity index (χ4n) is 1.22. The number of ether oxygens (including phenoxy) is 1. The van der Waals surface area contributed by atoms with Gasteiger partial charge in [-0.05, 0) is 24.3 Å². The largest absolute Gasteiger partial charge is 0.497 e. The van der Waals surface area contributed by atoms with E-state index in [1.165, 1.54) is 28.5 Å². The Bertz CT molecular complexity index is 436. The highest BCUT2D eigenvalue weighted by Gasteiger charge is 2.18. The van der Waals surface area contributed by atoms with Gasteiger partial charge < -0.3 is 15.2 Å². The predicted octanol–water partition coefficient (Wildman–Crippen LogP) is 2.02.